The first-order valence-electron chi connectivity index (χ1n) is 11.5. The first kappa shape index (κ1) is 24.3. The Kier molecular flexibility index (Phi) is 6.21. The number of alkyl halides is 3. The number of aryl methyl sites for hydroxylation is 1. The monoisotopic (exact) mass is 515 g/mol. The minimum absolute atomic E-state index is 0.0793. The van der Waals surface area contributed by atoms with E-state index in [2.05, 4.69) is 20.5 Å². The summed E-state index contributed by atoms with van der Waals surface area (Å²) >= 11 is 0. The first-order valence-corrected chi connectivity index (χ1v) is 12.9. The van der Waals surface area contributed by atoms with Crippen LogP contribution >= 0.6 is 0 Å². The van der Waals surface area contributed by atoms with E-state index < -0.39 is 21.8 Å². The molecule has 2 N–H and O–H groups in total. The normalized spacial score (nSPS) is 15.9. The lowest BCUT2D eigenvalue weighted by atomic mass is 10.0. The Labute approximate surface area is 206 Å². The molecule has 11 heteroatoms. The van der Waals surface area contributed by atoms with E-state index in [0.29, 0.717) is 31.7 Å². The van der Waals surface area contributed by atoms with Gasteiger partial charge in [-0.3, -0.25) is 5.10 Å². The van der Waals surface area contributed by atoms with Crippen molar-refractivity contribution in [1.82, 2.24) is 19.5 Å². The molecule has 2 aromatic heterocycles. The van der Waals surface area contributed by atoms with Gasteiger partial charge < -0.3 is 5.32 Å². The van der Waals surface area contributed by atoms with E-state index in [9.17, 15) is 21.6 Å². The molecule has 0 bridgehead atoms. The van der Waals surface area contributed by atoms with Crippen molar-refractivity contribution in [2.45, 2.75) is 36.9 Å². The van der Waals surface area contributed by atoms with Crippen molar-refractivity contribution in [3.63, 3.8) is 0 Å². The number of pyridine rings is 1. The quantitative estimate of drug-likeness (QED) is 0.381. The lowest BCUT2D eigenvalue weighted by Crippen LogP contribution is -2.42. The van der Waals surface area contributed by atoms with E-state index in [1.807, 2.05) is 25.1 Å². The number of fused-ring (bicyclic) bond motifs is 1. The van der Waals surface area contributed by atoms with Gasteiger partial charge in [0.2, 0.25) is 10.0 Å². The van der Waals surface area contributed by atoms with Gasteiger partial charge in [0.1, 0.15) is 5.82 Å². The van der Waals surface area contributed by atoms with Gasteiger partial charge in [-0.05, 0) is 67.3 Å². The maximum Gasteiger partial charge on any atom is 0.417 e. The average Bonchev–Trinajstić information content (AvgIpc) is 3.24. The van der Waals surface area contributed by atoms with Gasteiger partial charge in [0.25, 0.3) is 0 Å². The van der Waals surface area contributed by atoms with Crippen LogP contribution in [0, 0.1) is 6.92 Å². The smallest absolute Gasteiger partial charge is 0.367 e. The number of rotatable bonds is 5. The highest BCUT2D eigenvalue weighted by molar-refractivity contribution is 7.89. The van der Waals surface area contributed by atoms with E-state index in [0.717, 1.165) is 40.0 Å². The molecule has 1 saturated heterocycles. The second-order valence-electron chi connectivity index (χ2n) is 8.85. The van der Waals surface area contributed by atoms with Crippen LogP contribution in [-0.4, -0.2) is 47.0 Å². The number of sulfonamides is 1. The summed E-state index contributed by atoms with van der Waals surface area (Å²) in [6.45, 7) is 2.54. The number of aromatic nitrogens is 3. The Balaban J connectivity index is 1.23. The zero-order chi connectivity index (χ0) is 25.5. The van der Waals surface area contributed by atoms with Crippen molar-refractivity contribution in [2.75, 3.05) is 18.4 Å². The van der Waals surface area contributed by atoms with Crippen molar-refractivity contribution in [3.05, 3.63) is 72.1 Å². The van der Waals surface area contributed by atoms with Gasteiger partial charge in [-0.2, -0.15) is 22.6 Å². The maximum atomic E-state index is 13.2. The van der Waals surface area contributed by atoms with Crippen molar-refractivity contribution in [1.29, 1.82) is 0 Å². The molecule has 1 fully saturated rings. The Morgan fingerprint density at radius 2 is 1.69 bits per heavy atom. The third-order valence-electron chi connectivity index (χ3n) is 6.48. The molecule has 188 valence electrons. The molecule has 0 aliphatic carbocycles. The Morgan fingerprint density at radius 1 is 1.00 bits per heavy atom. The molecule has 0 amide bonds. The van der Waals surface area contributed by atoms with Crippen molar-refractivity contribution in [2.24, 2.45) is 0 Å². The van der Waals surface area contributed by atoms with E-state index in [1.165, 1.54) is 10.4 Å². The third kappa shape index (κ3) is 4.80. The fourth-order valence-electron chi connectivity index (χ4n) is 4.39. The van der Waals surface area contributed by atoms with Crippen LogP contribution in [0.15, 0.2) is 65.7 Å². The first-order chi connectivity index (χ1) is 17.1. The number of nitrogens with zero attached hydrogens (tertiary/aromatic N) is 3. The van der Waals surface area contributed by atoms with Crippen molar-refractivity contribution in [3.8, 4) is 11.1 Å². The topological polar surface area (TPSA) is 91.0 Å². The molecule has 0 radical (unpaired) electrons. The van der Waals surface area contributed by atoms with Gasteiger partial charge in [-0.15, -0.1) is 0 Å². The standard InChI is InChI=1S/C25H24F3N5O2S/c1-16-22-14-18(4-8-23(22)32-31-16)17-2-6-21(7-3-17)36(34,35)33-12-10-20(11-13-33)30-24-9-5-19(15-29-24)25(26,27)28/h2-9,14-15,20H,10-13H2,1H3,(H,29,30)(H,31,32). The lowest BCUT2D eigenvalue weighted by Gasteiger charge is -2.32. The lowest BCUT2D eigenvalue weighted by molar-refractivity contribution is -0.137. The summed E-state index contributed by atoms with van der Waals surface area (Å²) in [5, 5.41) is 11.3. The highest BCUT2D eigenvalue weighted by Gasteiger charge is 2.32. The number of hydrogen-bond donors (Lipinski definition) is 2. The summed E-state index contributed by atoms with van der Waals surface area (Å²) in [6.07, 6.45) is -2.61. The Morgan fingerprint density at radius 3 is 2.33 bits per heavy atom. The van der Waals surface area contributed by atoms with E-state index in [1.54, 1.807) is 24.3 Å². The van der Waals surface area contributed by atoms with Crippen LogP contribution in [0.3, 0.4) is 0 Å². The molecule has 0 unspecified atom stereocenters. The van der Waals surface area contributed by atoms with E-state index >= 15 is 0 Å². The van der Waals surface area contributed by atoms with Gasteiger partial charge in [0.05, 0.1) is 21.7 Å². The number of nitrogens with one attached hydrogen (secondary N) is 2. The highest BCUT2D eigenvalue weighted by atomic mass is 32.2. The van der Waals surface area contributed by atoms with Crippen LogP contribution in [0.2, 0.25) is 0 Å². The summed E-state index contributed by atoms with van der Waals surface area (Å²) in [4.78, 5) is 4.06. The Bertz CT molecular complexity index is 1480. The van der Waals surface area contributed by atoms with Crippen LogP contribution in [0.25, 0.3) is 22.0 Å². The maximum absolute atomic E-state index is 13.2. The predicted octanol–water partition coefficient (Wildman–Crippen LogP) is 5.22. The minimum atomic E-state index is -4.43. The molecular weight excluding hydrogens is 491 g/mol. The van der Waals surface area contributed by atoms with Gasteiger partial charge >= 0.3 is 6.18 Å². The summed E-state index contributed by atoms with van der Waals surface area (Å²) < 4.78 is 66.0. The zero-order valence-corrected chi connectivity index (χ0v) is 20.2. The highest BCUT2D eigenvalue weighted by Crippen LogP contribution is 2.30. The Hall–Kier alpha value is -3.44. The number of halogens is 3. The molecule has 0 atom stereocenters. The van der Waals surface area contributed by atoms with Gasteiger partial charge in [-0.1, -0.05) is 18.2 Å². The summed E-state index contributed by atoms with van der Waals surface area (Å²) in [5.41, 5.74) is 2.92. The second-order valence-corrected chi connectivity index (χ2v) is 10.8. The molecule has 3 heterocycles. The van der Waals surface area contributed by atoms with Crippen LogP contribution in [0.5, 0.6) is 0 Å². The van der Waals surface area contributed by atoms with Crippen LogP contribution in [0.4, 0.5) is 19.0 Å². The minimum Gasteiger partial charge on any atom is -0.367 e. The van der Waals surface area contributed by atoms with E-state index in [4.69, 9.17) is 0 Å². The molecular formula is C25H24F3N5O2S. The fourth-order valence-corrected chi connectivity index (χ4v) is 5.86. The van der Waals surface area contributed by atoms with Crippen molar-refractivity contribution >= 4 is 26.7 Å². The molecule has 0 saturated carbocycles. The van der Waals surface area contributed by atoms with Crippen LogP contribution in [0.1, 0.15) is 24.1 Å². The van der Waals surface area contributed by atoms with Crippen molar-refractivity contribution < 1.29 is 21.6 Å². The number of aromatic amines is 1. The summed E-state index contributed by atoms with van der Waals surface area (Å²) in [7, 11) is -3.66. The molecule has 1 aliphatic rings. The molecule has 2 aromatic carbocycles. The van der Waals surface area contributed by atoms with Crippen LogP contribution in [-0.2, 0) is 16.2 Å². The number of piperidine rings is 1. The SMILES string of the molecule is Cc1n[nH]c2ccc(-c3ccc(S(=O)(=O)N4CCC(Nc5ccc(C(F)(F)F)cn5)CC4)cc3)cc12. The fraction of sp³-hybridized carbons (Fsp3) is 0.280. The summed E-state index contributed by atoms with van der Waals surface area (Å²) in [6, 6.07) is 15.0. The number of anilines is 1. The molecule has 36 heavy (non-hydrogen) atoms. The average molecular weight is 516 g/mol. The molecule has 1 aliphatic heterocycles. The molecule has 7 nitrogen and oxygen atoms in total. The zero-order valence-electron chi connectivity index (χ0n) is 19.4. The predicted molar refractivity (Wildman–Crippen MR) is 131 cm³/mol. The third-order valence-corrected chi connectivity index (χ3v) is 8.39. The van der Waals surface area contributed by atoms with Gasteiger partial charge in [-0.25, -0.2) is 13.4 Å². The molecule has 5 rings (SSSR count). The van der Waals surface area contributed by atoms with Gasteiger partial charge in [0.15, 0.2) is 0 Å². The number of H-pyrrole nitrogens is 1. The molecule has 0 spiro atoms. The van der Waals surface area contributed by atoms with Crippen LogP contribution < -0.4 is 5.32 Å². The summed E-state index contributed by atoms with van der Waals surface area (Å²) in [5.74, 6) is 0.337. The van der Waals surface area contributed by atoms with E-state index in [-0.39, 0.29) is 10.9 Å². The second kappa shape index (κ2) is 9.21. The van der Waals surface area contributed by atoms with Gasteiger partial charge in [0, 0.05) is 30.7 Å². The number of hydrogen-bond acceptors (Lipinski definition) is 5. The molecule has 4 aromatic rings. The number of benzene rings is 2. The largest absolute Gasteiger partial charge is 0.417 e.